The van der Waals surface area contributed by atoms with Gasteiger partial charge in [-0.05, 0) is 87.1 Å². The standard InChI is InChI=1S/C14H11FN2.C7H6N2.C6H9NO.C5H8/c1-10-2-3-11-9-16-17(14(11)8-10)13-6-4-12(15)5-7-13;1-6-7(5-8)3-2-4-9-6;8-4-7-2-5-1-6(5)3-7;1-3-5-4-2/h2-9H,1H3;2-4H,1H3;4-6H,1-3H2;3-5H,1H2,2H3/b;;;5-4-. The van der Waals surface area contributed by atoms with Crippen LogP contribution in [0.25, 0.3) is 16.6 Å². The Kier molecular flexibility index (Phi) is 10.7. The number of allylic oxidation sites excluding steroid dienone is 3. The van der Waals surface area contributed by atoms with Gasteiger partial charge in [-0.2, -0.15) is 10.4 Å². The van der Waals surface area contributed by atoms with Crippen LogP contribution in [-0.4, -0.2) is 39.2 Å². The lowest BCUT2D eigenvalue weighted by atomic mass is 10.2. The summed E-state index contributed by atoms with van der Waals surface area (Å²) in [7, 11) is 0. The van der Waals surface area contributed by atoms with Gasteiger partial charge in [-0.15, -0.1) is 0 Å². The highest BCUT2D eigenvalue weighted by Gasteiger charge is 2.44. The molecule has 2 fully saturated rings. The van der Waals surface area contributed by atoms with E-state index in [9.17, 15) is 9.18 Å². The second-order valence-corrected chi connectivity index (χ2v) is 9.42. The molecular formula is C32H34FN5O. The van der Waals surface area contributed by atoms with E-state index in [-0.39, 0.29) is 5.82 Å². The monoisotopic (exact) mass is 523 g/mol. The quantitative estimate of drug-likeness (QED) is 0.225. The minimum atomic E-state index is -0.235. The number of carbonyl (C=O) groups is 1. The van der Waals surface area contributed by atoms with Crippen molar-refractivity contribution in [1.82, 2.24) is 19.7 Å². The topological polar surface area (TPSA) is 74.8 Å². The van der Waals surface area contributed by atoms with Gasteiger partial charge in [0.2, 0.25) is 6.41 Å². The SMILES string of the molecule is C=C/C=C\C.Cc1ccc2cnn(-c3ccc(F)cc3)c2c1.Cc1ncccc1C#N.O=CN1CC2CC2C1. The van der Waals surface area contributed by atoms with Crippen LogP contribution in [0.5, 0.6) is 0 Å². The van der Waals surface area contributed by atoms with E-state index in [4.69, 9.17) is 5.26 Å². The summed E-state index contributed by atoms with van der Waals surface area (Å²) in [6, 6.07) is 18.0. The number of benzene rings is 2. The first-order valence-corrected chi connectivity index (χ1v) is 12.8. The molecule has 0 N–H and O–H groups in total. The Labute approximate surface area is 229 Å². The van der Waals surface area contributed by atoms with Crippen molar-refractivity contribution in [2.24, 2.45) is 11.8 Å². The number of halogens is 1. The number of hydrogen-bond donors (Lipinski definition) is 0. The van der Waals surface area contributed by atoms with Gasteiger partial charge in [0.25, 0.3) is 0 Å². The molecule has 1 amide bonds. The molecule has 39 heavy (non-hydrogen) atoms. The van der Waals surface area contributed by atoms with E-state index in [1.54, 1.807) is 36.5 Å². The zero-order valence-corrected chi connectivity index (χ0v) is 22.7. The second-order valence-electron chi connectivity index (χ2n) is 9.42. The smallest absolute Gasteiger partial charge is 0.209 e. The molecular weight excluding hydrogens is 489 g/mol. The van der Waals surface area contributed by atoms with Crippen LogP contribution in [-0.2, 0) is 4.79 Å². The van der Waals surface area contributed by atoms with Crippen molar-refractivity contribution >= 4 is 17.3 Å². The van der Waals surface area contributed by atoms with Crippen molar-refractivity contribution < 1.29 is 9.18 Å². The number of carbonyl (C=O) groups excluding carboxylic acids is 1. The molecule has 7 heteroatoms. The van der Waals surface area contributed by atoms with Crippen molar-refractivity contribution in [3.05, 3.63) is 114 Å². The Balaban J connectivity index is 0.000000161. The molecule has 6 nitrogen and oxygen atoms in total. The predicted octanol–water partition coefficient (Wildman–Crippen LogP) is 6.58. The van der Waals surface area contributed by atoms with Crippen molar-refractivity contribution in [2.75, 3.05) is 13.1 Å². The summed E-state index contributed by atoms with van der Waals surface area (Å²) in [5, 5.41) is 13.8. The first-order chi connectivity index (χ1) is 18.9. The van der Waals surface area contributed by atoms with Crippen molar-refractivity contribution in [3.8, 4) is 11.8 Å². The fraction of sp³-hybridized carbons (Fsp3) is 0.250. The van der Waals surface area contributed by atoms with Crippen LogP contribution in [0.3, 0.4) is 0 Å². The van der Waals surface area contributed by atoms with E-state index in [0.717, 1.165) is 53.6 Å². The number of nitriles is 1. The molecule has 1 saturated heterocycles. The van der Waals surface area contributed by atoms with Gasteiger partial charge in [0.05, 0.1) is 28.7 Å². The lowest BCUT2D eigenvalue weighted by molar-refractivity contribution is -0.117. The van der Waals surface area contributed by atoms with Crippen LogP contribution in [0.15, 0.2) is 91.8 Å². The van der Waals surface area contributed by atoms with Gasteiger partial charge in [0.1, 0.15) is 11.9 Å². The van der Waals surface area contributed by atoms with Crippen LogP contribution in [0, 0.1) is 42.8 Å². The summed E-state index contributed by atoms with van der Waals surface area (Å²) >= 11 is 0. The fourth-order valence-electron chi connectivity index (χ4n) is 4.18. The fourth-order valence-corrected chi connectivity index (χ4v) is 4.18. The Morgan fingerprint density at radius 1 is 1.10 bits per heavy atom. The Bertz CT molecular complexity index is 1440. The average Bonchev–Trinajstić information content (AvgIpc) is 3.35. The van der Waals surface area contributed by atoms with Crippen LogP contribution in [0.4, 0.5) is 4.39 Å². The van der Waals surface area contributed by atoms with E-state index >= 15 is 0 Å². The van der Waals surface area contributed by atoms with Crippen LogP contribution >= 0.6 is 0 Å². The third kappa shape index (κ3) is 8.47. The predicted molar refractivity (Wildman–Crippen MR) is 154 cm³/mol. The number of piperidine rings is 1. The maximum Gasteiger partial charge on any atom is 0.209 e. The lowest BCUT2D eigenvalue weighted by Gasteiger charge is -2.08. The molecule has 2 unspecified atom stereocenters. The number of pyridine rings is 1. The van der Waals surface area contributed by atoms with Gasteiger partial charge >= 0.3 is 0 Å². The zero-order valence-electron chi connectivity index (χ0n) is 22.7. The molecule has 1 aliphatic heterocycles. The number of rotatable bonds is 3. The maximum absolute atomic E-state index is 12.9. The molecule has 3 heterocycles. The summed E-state index contributed by atoms with van der Waals surface area (Å²) in [6.45, 7) is 11.4. The second kappa shape index (κ2) is 14.4. The van der Waals surface area contributed by atoms with E-state index < -0.39 is 0 Å². The van der Waals surface area contributed by atoms with E-state index in [0.29, 0.717) is 5.56 Å². The molecule has 6 rings (SSSR count). The molecule has 0 radical (unpaired) electrons. The molecule has 0 bridgehead atoms. The molecule has 4 aromatic rings. The Morgan fingerprint density at radius 2 is 1.82 bits per heavy atom. The van der Waals surface area contributed by atoms with Crippen LogP contribution < -0.4 is 0 Å². The Morgan fingerprint density at radius 3 is 2.33 bits per heavy atom. The van der Waals surface area contributed by atoms with Crippen molar-refractivity contribution in [1.29, 1.82) is 5.26 Å². The molecule has 2 aliphatic rings. The highest BCUT2D eigenvalue weighted by molar-refractivity contribution is 5.80. The number of hydrogen-bond acceptors (Lipinski definition) is 4. The molecule has 2 atom stereocenters. The summed E-state index contributed by atoms with van der Waals surface area (Å²) in [5.74, 6) is 1.54. The van der Waals surface area contributed by atoms with Gasteiger partial charge < -0.3 is 4.90 Å². The summed E-state index contributed by atoms with van der Waals surface area (Å²) in [5.41, 5.74) is 4.53. The van der Waals surface area contributed by atoms with Crippen LogP contribution in [0.2, 0.25) is 0 Å². The van der Waals surface area contributed by atoms with Gasteiger partial charge in [-0.1, -0.05) is 36.9 Å². The number of likely N-dealkylation sites (tertiary alicyclic amines) is 1. The normalized spacial score (nSPS) is 16.4. The van der Waals surface area contributed by atoms with E-state index in [1.807, 2.05) is 60.8 Å². The molecule has 0 spiro atoms. The molecule has 2 aromatic heterocycles. The third-order valence-electron chi connectivity index (χ3n) is 6.41. The lowest BCUT2D eigenvalue weighted by Crippen LogP contribution is -2.19. The average molecular weight is 524 g/mol. The largest absolute Gasteiger partial charge is 0.345 e. The van der Waals surface area contributed by atoms with Crippen molar-refractivity contribution in [3.63, 3.8) is 0 Å². The molecule has 2 aromatic carbocycles. The number of aromatic nitrogens is 3. The molecule has 200 valence electrons. The van der Waals surface area contributed by atoms with E-state index in [1.165, 1.54) is 24.1 Å². The van der Waals surface area contributed by atoms with Gasteiger partial charge in [0.15, 0.2) is 0 Å². The number of aryl methyl sites for hydroxylation is 2. The minimum absolute atomic E-state index is 0.235. The highest BCUT2D eigenvalue weighted by Crippen LogP contribution is 2.44. The van der Waals surface area contributed by atoms with Gasteiger partial charge in [-0.3, -0.25) is 9.78 Å². The van der Waals surface area contributed by atoms with Crippen LogP contribution in [0.1, 0.15) is 30.2 Å². The minimum Gasteiger partial charge on any atom is -0.345 e. The van der Waals surface area contributed by atoms with Gasteiger partial charge in [0, 0.05) is 24.7 Å². The third-order valence-corrected chi connectivity index (χ3v) is 6.41. The summed E-state index contributed by atoms with van der Waals surface area (Å²) in [6.07, 6.45) is 11.4. The molecule has 1 aliphatic carbocycles. The zero-order chi connectivity index (χ0) is 28.2. The maximum atomic E-state index is 12.9. The highest BCUT2D eigenvalue weighted by atomic mass is 19.1. The number of fused-ring (bicyclic) bond motifs is 2. The number of amides is 1. The van der Waals surface area contributed by atoms with E-state index in [2.05, 4.69) is 28.8 Å². The van der Waals surface area contributed by atoms with Crippen molar-refractivity contribution in [2.45, 2.75) is 27.2 Å². The molecule has 1 saturated carbocycles. The van der Waals surface area contributed by atoms with Gasteiger partial charge in [-0.25, -0.2) is 9.07 Å². The number of nitrogens with zero attached hydrogens (tertiary/aromatic N) is 5. The first-order valence-electron chi connectivity index (χ1n) is 12.8. The summed E-state index contributed by atoms with van der Waals surface area (Å²) < 4.78 is 14.7. The summed E-state index contributed by atoms with van der Waals surface area (Å²) in [4.78, 5) is 15.9. The Hall–Kier alpha value is -4.57. The first kappa shape index (κ1) is 29.0.